The average Bonchev–Trinajstić information content (AvgIpc) is 2.73. The quantitative estimate of drug-likeness (QED) is 0.705. The summed E-state index contributed by atoms with van der Waals surface area (Å²) in [6.45, 7) is 5.56. The zero-order valence-electron chi connectivity index (χ0n) is 9.05. The lowest BCUT2D eigenvalue weighted by Crippen LogP contribution is -1.71. The van der Waals surface area contributed by atoms with Crippen LogP contribution >= 0.6 is 11.3 Å². The maximum Gasteiger partial charge on any atom is 0.0631 e. The van der Waals surface area contributed by atoms with Gasteiger partial charge < -0.3 is 0 Å². The predicted octanol–water partition coefficient (Wildman–Crippen LogP) is 4.14. The van der Waals surface area contributed by atoms with Crippen molar-refractivity contribution in [1.82, 2.24) is 0 Å². The van der Waals surface area contributed by atoms with Gasteiger partial charge in [0, 0.05) is 16.0 Å². The van der Waals surface area contributed by atoms with Gasteiger partial charge in [-0.2, -0.15) is 0 Å². The molecule has 1 aromatic carbocycles. The van der Waals surface area contributed by atoms with Crippen molar-refractivity contribution in [1.29, 1.82) is 0 Å². The fourth-order valence-corrected chi connectivity index (χ4v) is 2.05. The number of nitrogens with zero attached hydrogens (tertiary/aromatic N) is 2. The third kappa shape index (κ3) is 2.64. The Bertz CT molecular complexity index is 509. The van der Waals surface area contributed by atoms with Gasteiger partial charge in [-0.3, -0.25) is 9.98 Å². The molecule has 0 aliphatic heterocycles. The molecule has 2 aromatic rings. The molecule has 0 unspecified atom stereocenters. The fourth-order valence-electron chi connectivity index (χ4n) is 1.31. The Hall–Kier alpha value is -1.74. The van der Waals surface area contributed by atoms with Gasteiger partial charge in [0.05, 0.1) is 11.4 Å². The summed E-state index contributed by atoms with van der Waals surface area (Å²) in [6.07, 6.45) is 1.88. The summed E-state index contributed by atoms with van der Waals surface area (Å²) in [7, 11) is 0. The highest BCUT2D eigenvalue weighted by molar-refractivity contribution is 7.13. The summed E-state index contributed by atoms with van der Waals surface area (Å²) in [5, 5.41) is 0. The molecule has 0 amide bonds. The van der Waals surface area contributed by atoms with E-state index in [9.17, 15) is 0 Å². The van der Waals surface area contributed by atoms with Crippen LogP contribution in [0.1, 0.15) is 9.75 Å². The van der Waals surface area contributed by atoms with Gasteiger partial charge in [0.25, 0.3) is 0 Å². The largest absolute Gasteiger partial charge is 0.265 e. The van der Waals surface area contributed by atoms with Crippen LogP contribution in [-0.2, 0) is 0 Å². The Kier molecular flexibility index (Phi) is 3.27. The van der Waals surface area contributed by atoms with E-state index in [-0.39, 0.29) is 0 Å². The maximum absolute atomic E-state index is 4.39. The number of benzene rings is 1. The molecule has 0 N–H and O–H groups in total. The topological polar surface area (TPSA) is 24.7 Å². The highest BCUT2D eigenvalue weighted by Gasteiger charge is 1.93. The van der Waals surface area contributed by atoms with Crippen LogP contribution in [0, 0.1) is 6.92 Å². The molecule has 2 rings (SSSR count). The number of hydrogen-bond donors (Lipinski definition) is 0. The third-order valence-corrected chi connectivity index (χ3v) is 3.07. The first-order chi connectivity index (χ1) is 7.78. The summed E-state index contributed by atoms with van der Waals surface area (Å²) >= 11 is 1.74. The first-order valence-electron chi connectivity index (χ1n) is 4.95. The van der Waals surface area contributed by atoms with Crippen LogP contribution in [0.2, 0.25) is 0 Å². The van der Waals surface area contributed by atoms with Crippen LogP contribution in [0.25, 0.3) is 0 Å². The van der Waals surface area contributed by atoms with Crippen molar-refractivity contribution in [3.8, 4) is 0 Å². The first-order valence-corrected chi connectivity index (χ1v) is 5.77. The molecule has 80 valence electrons. The second-order valence-electron chi connectivity index (χ2n) is 3.38. The monoisotopic (exact) mass is 228 g/mol. The molecular formula is C13H12N2S. The van der Waals surface area contributed by atoms with E-state index >= 15 is 0 Å². The molecule has 0 radical (unpaired) electrons. The highest BCUT2D eigenvalue weighted by Crippen LogP contribution is 2.19. The van der Waals surface area contributed by atoms with Gasteiger partial charge in [-0.05, 0) is 50.0 Å². The van der Waals surface area contributed by atoms with E-state index in [4.69, 9.17) is 0 Å². The molecule has 2 nitrogen and oxygen atoms in total. The van der Waals surface area contributed by atoms with E-state index in [0.717, 1.165) is 11.4 Å². The Morgan fingerprint density at radius 3 is 2.31 bits per heavy atom. The number of thiophene rings is 1. The van der Waals surface area contributed by atoms with E-state index < -0.39 is 0 Å². The summed E-state index contributed by atoms with van der Waals surface area (Å²) in [5.74, 6) is 0. The summed E-state index contributed by atoms with van der Waals surface area (Å²) in [5.41, 5.74) is 1.80. The van der Waals surface area contributed by atoms with Crippen LogP contribution in [0.15, 0.2) is 46.4 Å². The molecular weight excluding hydrogens is 216 g/mol. The smallest absolute Gasteiger partial charge is 0.0631 e. The molecule has 0 atom stereocenters. The first kappa shape index (κ1) is 10.8. The Morgan fingerprint density at radius 1 is 1.06 bits per heavy atom. The number of aliphatic imine (C=N–C) groups is 2. The normalized spacial score (nSPS) is 10.8. The standard InChI is InChI=1S/C13H12N2S/c1-10-3-8-13(16-10)9-15-12-6-4-11(14-2)5-7-12/h3-9H,2H2,1H3. The Labute approximate surface area is 99.0 Å². The van der Waals surface area contributed by atoms with Gasteiger partial charge in [0.15, 0.2) is 0 Å². The van der Waals surface area contributed by atoms with Gasteiger partial charge in [0.1, 0.15) is 0 Å². The van der Waals surface area contributed by atoms with Gasteiger partial charge in [-0.1, -0.05) is 0 Å². The Balaban J connectivity index is 2.14. The molecule has 16 heavy (non-hydrogen) atoms. The fraction of sp³-hybridized carbons (Fsp3) is 0.0769. The second-order valence-corrected chi connectivity index (χ2v) is 4.70. The summed E-state index contributed by atoms with van der Waals surface area (Å²) in [4.78, 5) is 10.7. The van der Waals surface area contributed by atoms with Crippen molar-refractivity contribution in [2.45, 2.75) is 6.92 Å². The molecule has 1 aromatic heterocycles. The van der Waals surface area contributed by atoms with Gasteiger partial charge in [0.2, 0.25) is 0 Å². The second kappa shape index (κ2) is 4.86. The number of aryl methyl sites for hydroxylation is 1. The molecule has 0 bridgehead atoms. The van der Waals surface area contributed by atoms with Gasteiger partial charge in [-0.25, -0.2) is 0 Å². The van der Waals surface area contributed by atoms with Crippen molar-refractivity contribution >= 4 is 35.6 Å². The predicted molar refractivity (Wildman–Crippen MR) is 72.0 cm³/mol. The lowest BCUT2D eigenvalue weighted by molar-refractivity contribution is 1.49. The number of rotatable bonds is 3. The molecule has 3 heteroatoms. The van der Waals surface area contributed by atoms with Crippen LogP contribution in [-0.4, -0.2) is 12.9 Å². The van der Waals surface area contributed by atoms with Crippen LogP contribution in [0.5, 0.6) is 0 Å². The van der Waals surface area contributed by atoms with E-state index in [1.54, 1.807) is 11.3 Å². The molecule has 0 aliphatic rings. The summed E-state index contributed by atoms with van der Waals surface area (Å²) < 4.78 is 0. The van der Waals surface area contributed by atoms with Gasteiger partial charge in [-0.15, -0.1) is 11.3 Å². The van der Waals surface area contributed by atoms with Crippen molar-refractivity contribution in [2.75, 3.05) is 0 Å². The molecule has 1 heterocycles. The summed E-state index contributed by atoms with van der Waals surface area (Å²) in [6, 6.07) is 11.8. The van der Waals surface area contributed by atoms with Crippen molar-refractivity contribution in [3.63, 3.8) is 0 Å². The lowest BCUT2D eigenvalue weighted by Gasteiger charge is -1.93. The SMILES string of the molecule is C=Nc1ccc(N=Cc2ccc(C)s2)cc1. The zero-order valence-corrected chi connectivity index (χ0v) is 9.87. The van der Waals surface area contributed by atoms with Crippen LogP contribution in [0.4, 0.5) is 11.4 Å². The van der Waals surface area contributed by atoms with Crippen molar-refractivity contribution in [3.05, 3.63) is 46.2 Å². The van der Waals surface area contributed by atoms with E-state index in [1.165, 1.54) is 9.75 Å². The zero-order chi connectivity index (χ0) is 11.4. The van der Waals surface area contributed by atoms with E-state index in [0.29, 0.717) is 0 Å². The van der Waals surface area contributed by atoms with E-state index in [1.807, 2.05) is 30.5 Å². The highest BCUT2D eigenvalue weighted by atomic mass is 32.1. The minimum atomic E-state index is 0.867. The van der Waals surface area contributed by atoms with Gasteiger partial charge >= 0.3 is 0 Å². The third-order valence-electron chi connectivity index (χ3n) is 2.13. The molecule has 0 saturated carbocycles. The Morgan fingerprint density at radius 2 is 1.75 bits per heavy atom. The minimum Gasteiger partial charge on any atom is -0.265 e. The molecule has 0 fully saturated rings. The van der Waals surface area contributed by atoms with E-state index in [2.05, 4.69) is 35.8 Å². The maximum atomic E-state index is 4.39. The average molecular weight is 228 g/mol. The molecule has 0 saturated heterocycles. The molecule has 0 aliphatic carbocycles. The van der Waals surface area contributed by atoms with Crippen molar-refractivity contribution in [2.24, 2.45) is 9.98 Å². The minimum absolute atomic E-state index is 0.867. The van der Waals surface area contributed by atoms with Crippen LogP contribution in [0.3, 0.4) is 0 Å². The number of hydrogen-bond acceptors (Lipinski definition) is 3. The van der Waals surface area contributed by atoms with Crippen molar-refractivity contribution < 1.29 is 0 Å². The lowest BCUT2D eigenvalue weighted by atomic mass is 10.3. The van der Waals surface area contributed by atoms with Crippen LogP contribution < -0.4 is 0 Å². The molecule has 0 spiro atoms.